The minimum Gasteiger partial charge on any atom is -0.490 e. The third-order valence-corrected chi connectivity index (χ3v) is 3.92. The van der Waals surface area contributed by atoms with Gasteiger partial charge in [-0.15, -0.1) is 0 Å². The third kappa shape index (κ3) is 4.04. The van der Waals surface area contributed by atoms with Crippen LogP contribution >= 0.6 is 0 Å². The van der Waals surface area contributed by atoms with Crippen LogP contribution in [0.15, 0.2) is 23.2 Å². The molecule has 3 rings (SSSR count). The van der Waals surface area contributed by atoms with Gasteiger partial charge in [-0.1, -0.05) is 0 Å². The molecule has 1 saturated heterocycles. The number of ether oxygens (including phenoxy) is 2. The van der Waals surface area contributed by atoms with Crippen LogP contribution < -0.4 is 20.5 Å². The second-order valence-electron chi connectivity index (χ2n) is 5.65. The summed E-state index contributed by atoms with van der Waals surface area (Å²) in [6.07, 6.45) is 3.50. The van der Waals surface area contributed by atoms with Crippen LogP contribution in [0.3, 0.4) is 0 Å². The van der Waals surface area contributed by atoms with Crippen LogP contribution in [0, 0.1) is 0 Å². The minimum absolute atomic E-state index is 0.439. The monoisotopic (exact) mass is 304 g/mol. The standard InChI is InChI=1S/C16H24N4O2/c17-16(18-6-9-20-7-1-2-8-20)19-13-4-5-14-15(12-13)22-11-3-10-21-14/h4-5,12H,1-3,6-11H2,(H3,17,18,19). The van der Waals surface area contributed by atoms with E-state index in [1.54, 1.807) is 0 Å². The van der Waals surface area contributed by atoms with E-state index in [0.717, 1.165) is 36.7 Å². The van der Waals surface area contributed by atoms with Crippen molar-refractivity contribution in [2.75, 3.05) is 44.7 Å². The summed E-state index contributed by atoms with van der Waals surface area (Å²) in [5, 5.41) is 3.11. The number of nitrogens with one attached hydrogen (secondary N) is 1. The number of nitrogens with zero attached hydrogens (tertiary/aromatic N) is 2. The maximum absolute atomic E-state index is 5.95. The number of hydrogen-bond donors (Lipinski definition) is 2. The molecule has 2 aliphatic heterocycles. The summed E-state index contributed by atoms with van der Waals surface area (Å²) in [5.41, 5.74) is 6.81. The molecule has 0 aromatic heterocycles. The highest BCUT2D eigenvalue weighted by atomic mass is 16.5. The van der Waals surface area contributed by atoms with E-state index in [2.05, 4.69) is 15.2 Å². The van der Waals surface area contributed by atoms with Crippen LogP contribution in [0.2, 0.25) is 0 Å². The molecule has 3 N–H and O–H groups in total. The number of rotatable bonds is 4. The number of nitrogens with two attached hydrogens (primary N) is 1. The first kappa shape index (κ1) is 15.0. The lowest BCUT2D eigenvalue weighted by Crippen LogP contribution is -2.26. The zero-order valence-electron chi connectivity index (χ0n) is 12.9. The van der Waals surface area contributed by atoms with Crippen LogP contribution in [0.4, 0.5) is 5.69 Å². The first-order valence-corrected chi connectivity index (χ1v) is 8.00. The predicted octanol–water partition coefficient (Wildman–Crippen LogP) is 1.67. The SMILES string of the molecule is NC(=NCCN1CCCC1)Nc1ccc2c(c1)OCCCO2. The van der Waals surface area contributed by atoms with Crippen LogP contribution in [0.1, 0.15) is 19.3 Å². The molecule has 0 unspecified atom stereocenters. The Balaban J connectivity index is 1.54. The summed E-state index contributed by atoms with van der Waals surface area (Å²) in [6.45, 7) is 5.44. The van der Waals surface area contributed by atoms with Gasteiger partial charge >= 0.3 is 0 Å². The van der Waals surface area contributed by atoms with Crippen molar-refractivity contribution in [3.05, 3.63) is 18.2 Å². The Morgan fingerprint density at radius 1 is 1.14 bits per heavy atom. The van der Waals surface area contributed by atoms with E-state index in [-0.39, 0.29) is 0 Å². The van der Waals surface area contributed by atoms with E-state index >= 15 is 0 Å². The Labute approximate surface area is 131 Å². The fourth-order valence-electron chi connectivity index (χ4n) is 2.75. The number of benzene rings is 1. The van der Waals surface area contributed by atoms with E-state index in [1.165, 1.54) is 25.9 Å². The maximum atomic E-state index is 5.95. The van der Waals surface area contributed by atoms with Gasteiger partial charge in [0.25, 0.3) is 0 Å². The highest BCUT2D eigenvalue weighted by Gasteiger charge is 2.11. The van der Waals surface area contributed by atoms with Gasteiger partial charge < -0.3 is 25.4 Å². The number of hydrogen-bond acceptors (Lipinski definition) is 4. The van der Waals surface area contributed by atoms with Gasteiger partial charge in [0.15, 0.2) is 17.5 Å². The van der Waals surface area contributed by atoms with Gasteiger partial charge in [0.1, 0.15) is 0 Å². The molecule has 6 heteroatoms. The molecule has 6 nitrogen and oxygen atoms in total. The molecule has 0 radical (unpaired) electrons. The number of likely N-dealkylation sites (tertiary alicyclic amines) is 1. The molecule has 22 heavy (non-hydrogen) atoms. The van der Waals surface area contributed by atoms with Gasteiger partial charge in [-0.25, -0.2) is 0 Å². The first-order valence-electron chi connectivity index (χ1n) is 8.00. The van der Waals surface area contributed by atoms with Crippen LogP contribution in [0.5, 0.6) is 11.5 Å². The van der Waals surface area contributed by atoms with E-state index < -0.39 is 0 Å². The zero-order valence-corrected chi connectivity index (χ0v) is 12.9. The average molecular weight is 304 g/mol. The van der Waals surface area contributed by atoms with Crippen molar-refractivity contribution < 1.29 is 9.47 Å². The molecule has 0 aliphatic carbocycles. The number of fused-ring (bicyclic) bond motifs is 1. The first-order chi connectivity index (χ1) is 10.8. The predicted molar refractivity (Wildman–Crippen MR) is 87.8 cm³/mol. The van der Waals surface area contributed by atoms with E-state index in [4.69, 9.17) is 15.2 Å². The number of anilines is 1. The molecule has 0 amide bonds. The Morgan fingerprint density at radius 3 is 2.73 bits per heavy atom. The largest absolute Gasteiger partial charge is 0.490 e. The average Bonchev–Trinajstić information content (AvgIpc) is 2.91. The summed E-state index contributed by atoms with van der Waals surface area (Å²) in [6, 6.07) is 5.74. The molecule has 2 aliphatic rings. The molecular weight excluding hydrogens is 280 g/mol. The van der Waals surface area contributed by atoms with Crippen LogP contribution in [-0.2, 0) is 0 Å². The van der Waals surface area contributed by atoms with Crippen molar-refractivity contribution in [1.29, 1.82) is 0 Å². The number of guanidine groups is 1. The summed E-state index contributed by atoms with van der Waals surface area (Å²) >= 11 is 0. The summed E-state index contributed by atoms with van der Waals surface area (Å²) in [7, 11) is 0. The van der Waals surface area contributed by atoms with Crippen molar-refractivity contribution in [1.82, 2.24) is 4.90 Å². The Bertz CT molecular complexity index is 527. The highest BCUT2D eigenvalue weighted by molar-refractivity contribution is 5.92. The molecule has 120 valence electrons. The molecule has 0 saturated carbocycles. The Hall–Kier alpha value is -1.95. The smallest absolute Gasteiger partial charge is 0.193 e. The van der Waals surface area contributed by atoms with Crippen LogP contribution in [-0.4, -0.2) is 50.3 Å². The second kappa shape index (κ2) is 7.35. The second-order valence-corrected chi connectivity index (χ2v) is 5.65. The van der Waals surface area contributed by atoms with Crippen molar-refractivity contribution in [3.63, 3.8) is 0 Å². The lowest BCUT2D eigenvalue weighted by molar-refractivity contribution is 0.297. The molecule has 0 spiro atoms. The molecule has 2 heterocycles. The third-order valence-electron chi connectivity index (χ3n) is 3.92. The van der Waals surface area contributed by atoms with Gasteiger partial charge in [0.2, 0.25) is 0 Å². The van der Waals surface area contributed by atoms with Crippen molar-refractivity contribution >= 4 is 11.6 Å². The maximum Gasteiger partial charge on any atom is 0.193 e. The summed E-state index contributed by atoms with van der Waals surface area (Å²) < 4.78 is 11.3. The topological polar surface area (TPSA) is 72.1 Å². The quantitative estimate of drug-likeness (QED) is 0.654. The summed E-state index contributed by atoms with van der Waals surface area (Å²) in [5.74, 6) is 1.98. The zero-order chi connectivity index (χ0) is 15.2. The van der Waals surface area contributed by atoms with E-state index in [1.807, 2.05) is 18.2 Å². The van der Waals surface area contributed by atoms with Crippen LogP contribution in [0.25, 0.3) is 0 Å². The lowest BCUT2D eigenvalue weighted by Gasteiger charge is -2.13. The normalized spacial score (nSPS) is 19.0. The van der Waals surface area contributed by atoms with Crippen molar-refractivity contribution in [2.24, 2.45) is 10.7 Å². The van der Waals surface area contributed by atoms with Gasteiger partial charge in [0, 0.05) is 24.7 Å². The molecule has 0 atom stereocenters. The number of aliphatic imine (C=N–C) groups is 1. The Morgan fingerprint density at radius 2 is 1.91 bits per heavy atom. The molecule has 1 fully saturated rings. The Kier molecular flexibility index (Phi) is 5.00. The van der Waals surface area contributed by atoms with Crippen molar-refractivity contribution in [2.45, 2.75) is 19.3 Å². The minimum atomic E-state index is 0.439. The highest BCUT2D eigenvalue weighted by Crippen LogP contribution is 2.32. The van der Waals surface area contributed by atoms with Gasteiger partial charge in [-0.05, 0) is 38.1 Å². The summed E-state index contributed by atoms with van der Waals surface area (Å²) in [4.78, 5) is 6.80. The van der Waals surface area contributed by atoms with Gasteiger partial charge in [0.05, 0.1) is 19.8 Å². The van der Waals surface area contributed by atoms with Gasteiger partial charge in [-0.3, -0.25) is 4.99 Å². The van der Waals surface area contributed by atoms with E-state index in [9.17, 15) is 0 Å². The molecule has 1 aromatic carbocycles. The molecule has 0 bridgehead atoms. The van der Waals surface area contributed by atoms with Crippen molar-refractivity contribution in [3.8, 4) is 11.5 Å². The van der Waals surface area contributed by atoms with Gasteiger partial charge in [-0.2, -0.15) is 0 Å². The fourth-order valence-corrected chi connectivity index (χ4v) is 2.75. The molecular formula is C16H24N4O2. The fraction of sp³-hybridized carbons (Fsp3) is 0.562. The lowest BCUT2D eigenvalue weighted by atomic mass is 10.3. The molecule has 1 aromatic rings. The van der Waals surface area contributed by atoms with E-state index in [0.29, 0.717) is 19.2 Å².